The lowest BCUT2D eigenvalue weighted by Crippen LogP contribution is -2.27. The minimum absolute atomic E-state index is 0.0153. The highest BCUT2D eigenvalue weighted by atomic mass is 32.2. The van der Waals surface area contributed by atoms with E-state index in [0.29, 0.717) is 6.54 Å². The van der Waals surface area contributed by atoms with Gasteiger partial charge in [-0.3, -0.25) is 9.59 Å². The number of carboxylic acid groups (broad SMARTS) is 1. The Bertz CT molecular complexity index is 302. The third kappa shape index (κ3) is 7.05. The predicted molar refractivity (Wildman–Crippen MR) is 69.1 cm³/mol. The van der Waals surface area contributed by atoms with Gasteiger partial charge < -0.3 is 10.4 Å². The highest BCUT2D eigenvalue weighted by molar-refractivity contribution is 8.00. The first-order chi connectivity index (χ1) is 8.18. The van der Waals surface area contributed by atoms with Crippen molar-refractivity contribution in [2.24, 2.45) is 0 Å². The van der Waals surface area contributed by atoms with Crippen LogP contribution in [0.15, 0.2) is 11.6 Å². The lowest BCUT2D eigenvalue weighted by Gasteiger charge is -2.12. The second-order valence-electron chi connectivity index (χ2n) is 4.09. The number of allylic oxidation sites excluding steroid dienone is 1. The van der Waals surface area contributed by atoms with Crippen LogP contribution >= 0.6 is 11.8 Å². The summed E-state index contributed by atoms with van der Waals surface area (Å²) in [6.07, 6.45) is 8.06. The largest absolute Gasteiger partial charge is 0.481 e. The van der Waals surface area contributed by atoms with Crippen molar-refractivity contribution >= 4 is 23.6 Å². The van der Waals surface area contributed by atoms with Crippen molar-refractivity contribution in [1.82, 2.24) is 5.32 Å². The average Bonchev–Trinajstić information content (AvgIpc) is 2.30. The van der Waals surface area contributed by atoms with Crippen molar-refractivity contribution in [1.29, 1.82) is 0 Å². The van der Waals surface area contributed by atoms with E-state index in [1.165, 1.54) is 18.4 Å². The fraction of sp³-hybridized carbons (Fsp3) is 0.667. The van der Waals surface area contributed by atoms with Gasteiger partial charge in [0.15, 0.2) is 0 Å². The van der Waals surface area contributed by atoms with E-state index in [1.54, 1.807) is 0 Å². The van der Waals surface area contributed by atoms with Crippen LogP contribution in [0, 0.1) is 0 Å². The first kappa shape index (κ1) is 14.1. The molecule has 0 aromatic heterocycles. The van der Waals surface area contributed by atoms with Crippen LogP contribution in [0.4, 0.5) is 0 Å². The van der Waals surface area contributed by atoms with Crippen LogP contribution in [0.5, 0.6) is 0 Å². The van der Waals surface area contributed by atoms with Crippen LogP contribution in [-0.2, 0) is 9.59 Å². The lowest BCUT2D eigenvalue weighted by atomic mass is 9.97. The van der Waals surface area contributed by atoms with Crippen LogP contribution in [0.2, 0.25) is 0 Å². The highest BCUT2D eigenvalue weighted by Crippen LogP contribution is 2.19. The second-order valence-corrected chi connectivity index (χ2v) is 5.08. The summed E-state index contributed by atoms with van der Waals surface area (Å²) in [6, 6.07) is 0. The molecule has 0 spiro atoms. The molecule has 0 aromatic rings. The van der Waals surface area contributed by atoms with E-state index in [4.69, 9.17) is 5.11 Å². The van der Waals surface area contributed by atoms with E-state index in [1.807, 2.05) is 0 Å². The quantitative estimate of drug-likeness (QED) is 0.683. The molecule has 0 saturated heterocycles. The number of hydrogen-bond acceptors (Lipinski definition) is 3. The van der Waals surface area contributed by atoms with Crippen molar-refractivity contribution < 1.29 is 14.7 Å². The second kappa shape index (κ2) is 8.17. The van der Waals surface area contributed by atoms with Gasteiger partial charge in [0.2, 0.25) is 5.91 Å². The molecule has 0 saturated carbocycles. The van der Waals surface area contributed by atoms with Gasteiger partial charge in [-0.25, -0.2) is 0 Å². The van der Waals surface area contributed by atoms with Gasteiger partial charge in [-0.1, -0.05) is 11.6 Å². The predicted octanol–water partition coefficient (Wildman–Crippen LogP) is 1.81. The van der Waals surface area contributed by atoms with Crippen LogP contribution in [0.1, 0.15) is 32.1 Å². The SMILES string of the molecule is O=C(O)CSCC(=O)NCCC1=CCCCC1. The van der Waals surface area contributed by atoms with Gasteiger partial charge in [0.1, 0.15) is 0 Å². The molecular weight excluding hydrogens is 238 g/mol. The summed E-state index contributed by atoms with van der Waals surface area (Å²) in [5.74, 6) is -0.743. The molecule has 1 rings (SSSR count). The average molecular weight is 257 g/mol. The van der Waals surface area contributed by atoms with Crippen molar-refractivity contribution in [2.75, 3.05) is 18.1 Å². The lowest BCUT2D eigenvalue weighted by molar-refractivity contribution is -0.133. The van der Waals surface area contributed by atoms with Crippen molar-refractivity contribution in [2.45, 2.75) is 32.1 Å². The van der Waals surface area contributed by atoms with Crippen LogP contribution in [-0.4, -0.2) is 35.0 Å². The minimum Gasteiger partial charge on any atom is -0.481 e. The summed E-state index contributed by atoms with van der Waals surface area (Å²) in [6.45, 7) is 0.665. The summed E-state index contributed by atoms with van der Waals surface area (Å²) in [5, 5.41) is 11.2. The molecule has 0 aromatic carbocycles. The molecular formula is C12H19NO3S. The van der Waals surface area contributed by atoms with Gasteiger partial charge in [-0.15, -0.1) is 11.8 Å². The zero-order chi connectivity index (χ0) is 12.5. The number of aliphatic carboxylic acids is 1. The molecule has 1 aliphatic carbocycles. The van der Waals surface area contributed by atoms with Gasteiger partial charge in [0, 0.05) is 6.54 Å². The van der Waals surface area contributed by atoms with Gasteiger partial charge in [-0.2, -0.15) is 0 Å². The summed E-state index contributed by atoms with van der Waals surface area (Å²) in [5.41, 5.74) is 1.44. The Balaban J connectivity index is 2.03. The topological polar surface area (TPSA) is 66.4 Å². The van der Waals surface area contributed by atoms with E-state index in [2.05, 4.69) is 11.4 Å². The fourth-order valence-electron chi connectivity index (χ4n) is 1.78. The number of amides is 1. The third-order valence-electron chi connectivity index (χ3n) is 2.61. The molecule has 0 atom stereocenters. The fourth-order valence-corrected chi connectivity index (χ4v) is 2.34. The number of nitrogens with one attached hydrogen (secondary N) is 1. The first-order valence-electron chi connectivity index (χ1n) is 5.92. The summed E-state index contributed by atoms with van der Waals surface area (Å²) in [7, 11) is 0. The smallest absolute Gasteiger partial charge is 0.313 e. The highest BCUT2D eigenvalue weighted by Gasteiger charge is 2.06. The summed E-state index contributed by atoms with van der Waals surface area (Å²) in [4.78, 5) is 21.6. The van der Waals surface area contributed by atoms with Crippen molar-refractivity contribution in [3.63, 3.8) is 0 Å². The Morgan fingerprint density at radius 3 is 2.82 bits per heavy atom. The van der Waals surface area contributed by atoms with Gasteiger partial charge >= 0.3 is 5.97 Å². The Morgan fingerprint density at radius 2 is 2.18 bits per heavy atom. The van der Waals surface area contributed by atoms with Crippen LogP contribution in [0.3, 0.4) is 0 Å². The molecule has 1 amide bonds. The summed E-state index contributed by atoms with van der Waals surface area (Å²) < 4.78 is 0. The van der Waals surface area contributed by atoms with Gasteiger partial charge in [0.25, 0.3) is 0 Å². The Morgan fingerprint density at radius 1 is 1.35 bits per heavy atom. The number of hydrogen-bond donors (Lipinski definition) is 2. The zero-order valence-electron chi connectivity index (χ0n) is 9.91. The zero-order valence-corrected chi connectivity index (χ0v) is 10.7. The molecule has 0 unspecified atom stereocenters. The standard InChI is InChI=1S/C12H19NO3S/c14-11(8-17-9-12(15)16)13-7-6-10-4-2-1-3-5-10/h4H,1-3,5-9H2,(H,13,14)(H,15,16). The molecule has 0 fully saturated rings. The number of rotatable bonds is 7. The summed E-state index contributed by atoms with van der Waals surface area (Å²) >= 11 is 1.13. The van der Waals surface area contributed by atoms with E-state index in [9.17, 15) is 9.59 Å². The Hall–Kier alpha value is -0.970. The van der Waals surface area contributed by atoms with E-state index in [0.717, 1.165) is 31.0 Å². The maximum atomic E-state index is 11.3. The Labute approximate surface area is 106 Å². The Kier molecular flexibility index (Phi) is 6.77. The number of carbonyl (C=O) groups excluding carboxylic acids is 1. The van der Waals surface area contributed by atoms with Gasteiger partial charge in [-0.05, 0) is 32.1 Å². The molecule has 4 nitrogen and oxygen atoms in total. The molecule has 1 aliphatic rings. The number of thioether (sulfide) groups is 1. The number of carbonyl (C=O) groups is 2. The normalized spacial score (nSPS) is 15.2. The molecule has 0 radical (unpaired) electrons. The van der Waals surface area contributed by atoms with E-state index >= 15 is 0 Å². The molecule has 96 valence electrons. The molecule has 17 heavy (non-hydrogen) atoms. The maximum absolute atomic E-state index is 11.3. The molecule has 5 heteroatoms. The maximum Gasteiger partial charge on any atom is 0.313 e. The van der Waals surface area contributed by atoms with Gasteiger partial charge in [0.05, 0.1) is 11.5 Å². The van der Waals surface area contributed by atoms with E-state index < -0.39 is 5.97 Å². The van der Waals surface area contributed by atoms with E-state index in [-0.39, 0.29) is 17.4 Å². The monoisotopic (exact) mass is 257 g/mol. The molecule has 2 N–H and O–H groups in total. The first-order valence-corrected chi connectivity index (χ1v) is 7.08. The van der Waals surface area contributed by atoms with Crippen LogP contribution < -0.4 is 5.32 Å². The molecule has 0 aliphatic heterocycles. The van der Waals surface area contributed by atoms with Crippen molar-refractivity contribution in [3.8, 4) is 0 Å². The number of carboxylic acids is 1. The molecule has 0 bridgehead atoms. The van der Waals surface area contributed by atoms with Crippen LogP contribution in [0.25, 0.3) is 0 Å². The minimum atomic E-state index is -0.879. The third-order valence-corrected chi connectivity index (χ3v) is 3.53. The molecule has 0 heterocycles. The van der Waals surface area contributed by atoms with Crippen molar-refractivity contribution in [3.05, 3.63) is 11.6 Å².